The molecule has 0 bridgehead atoms. The lowest BCUT2D eigenvalue weighted by Gasteiger charge is -2.21. The Morgan fingerprint density at radius 3 is 2.71 bits per heavy atom. The SMILES string of the molecule is Cn1cc(-c2ccc(N3CC(F)(S)N(CS)C3=O)cc2F)c2c(N)ncnc21. The van der Waals surface area contributed by atoms with Gasteiger partial charge < -0.3 is 10.3 Å². The van der Waals surface area contributed by atoms with Gasteiger partial charge in [0.25, 0.3) is 0 Å². The fourth-order valence-electron chi connectivity index (χ4n) is 3.35. The molecule has 2 amide bonds. The van der Waals surface area contributed by atoms with E-state index in [-0.39, 0.29) is 29.5 Å². The number of aryl methyl sites for hydroxylation is 1. The molecule has 146 valence electrons. The second-order valence-electron chi connectivity index (χ2n) is 6.43. The second-order valence-corrected chi connectivity index (χ2v) is 7.40. The van der Waals surface area contributed by atoms with Gasteiger partial charge in [-0.3, -0.25) is 9.80 Å². The Hall–Kier alpha value is -2.53. The van der Waals surface area contributed by atoms with Gasteiger partial charge in [0.1, 0.15) is 23.6 Å². The van der Waals surface area contributed by atoms with Crippen LogP contribution in [-0.4, -0.2) is 43.0 Å². The van der Waals surface area contributed by atoms with E-state index in [9.17, 15) is 13.6 Å². The standard InChI is InChI=1S/C17H16F2N6OS2/c1-23-5-11(13-14(20)21-7-22-15(13)23)10-3-2-9(4-12(10)18)24-6-17(19,28)25(8-27)16(24)26/h2-5,7,27-28H,6,8H2,1H3,(H2,20,21,22). The molecule has 2 aromatic heterocycles. The van der Waals surface area contributed by atoms with Gasteiger partial charge in [-0.15, -0.1) is 12.6 Å². The molecule has 4 rings (SSSR count). The Labute approximate surface area is 170 Å². The summed E-state index contributed by atoms with van der Waals surface area (Å²) in [4.78, 5) is 22.5. The van der Waals surface area contributed by atoms with Gasteiger partial charge >= 0.3 is 6.03 Å². The Balaban J connectivity index is 1.78. The zero-order valence-electron chi connectivity index (χ0n) is 14.7. The fraction of sp³-hybridized carbons (Fsp3) is 0.235. The molecule has 1 aliphatic heterocycles. The van der Waals surface area contributed by atoms with Gasteiger partial charge in [-0.05, 0) is 18.2 Å². The van der Waals surface area contributed by atoms with Crippen LogP contribution < -0.4 is 10.6 Å². The molecule has 3 heterocycles. The van der Waals surface area contributed by atoms with Gasteiger partial charge in [0.2, 0.25) is 5.12 Å². The number of amides is 2. The van der Waals surface area contributed by atoms with Crippen LogP contribution in [0.1, 0.15) is 0 Å². The number of rotatable bonds is 3. The molecule has 1 aromatic carbocycles. The summed E-state index contributed by atoms with van der Waals surface area (Å²) >= 11 is 7.84. The highest BCUT2D eigenvalue weighted by Crippen LogP contribution is 2.38. The van der Waals surface area contributed by atoms with Crippen LogP contribution in [0.3, 0.4) is 0 Å². The lowest BCUT2D eigenvalue weighted by molar-refractivity contribution is 0.138. The molecule has 0 radical (unpaired) electrons. The molecular formula is C17H16F2N6OS2. The van der Waals surface area contributed by atoms with E-state index < -0.39 is 17.0 Å². The van der Waals surface area contributed by atoms with Gasteiger partial charge in [0, 0.05) is 30.1 Å². The maximum absolute atomic E-state index is 15.0. The van der Waals surface area contributed by atoms with Crippen LogP contribution in [0.5, 0.6) is 0 Å². The van der Waals surface area contributed by atoms with Crippen LogP contribution >= 0.6 is 25.3 Å². The van der Waals surface area contributed by atoms with Gasteiger partial charge in [-0.2, -0.15) is 12.6 Å². The topological polar surface area (TPSA) is 80.3 Å². The van der Waals surface area contributed by atoms with Crippen molar-refractivity contribution < 1.29 is 13.6 Å². The highest BCUT2D eigenvalue weighted by Gasteiger charge is 2.48. The van der Waals surface area contributed by atoms with E-state index >= 15 is 0 Å². The number of nitrogen functional groups attached to an aromatic ring is 1. The van der Waals surface area contributed by atoms with E-state index in [1.807, 2.05) is 0 Å². The van der Waals surface area contributed by atoms with Crippen molar-refractivity contribution in [2.75, 3.05) is 23.1 Å². The minimum Gasteiger partial charge on any atom is -0.383 e. The molecular weight excluding hydrogens is 406 g/mol. The monoisotopic (exact) mass is 422 g/mol. The van der Waals surface area contributed by atoms with E-state index in [2.05, 4.69) is 35.2 Å². The maximum Gasteiger partial charge on any atom is 0.328 e. The highest BCUT2D eigenvalue weighted by atomic mass is 32.1. The Bertz CT molecular complexity index is 1100. The number of nitrogens with zero attached hydrogens (tertiary/aromatic N) is 5. The molecule has 11 heteroatoms. The van der Waals surface area contributed by atoms with Crippen molar-refractivity contribution in [3.8, 4) is 11.1 Å². The van der Waals surface area contributed by atoms with Crippen molar-refractivity contribution in [1.29, 1.82) is 0 Å². The third-order valence-electron chi connectivity index (χ3n) is 4.71. The normalized spacial score (nSPS) is 19.8. The number of benzene rings is 1. The van der Waals surface area contributed by atoms with E-state index in [1.54, 1.807) is 23.9 Å². The number of carbonyl (C=O) groups excluding carboxylic acids is 1. The van der Waals surface area contributed by atoms with Gasteiger partial charge in [0.05, 0.1) is 17.8 Å². The first-order valence-electron chi connectivity index (χ1n) is 8.21. The van der Waals surface area contributed by atoms with E-state index in [0.29, 0.717) is 16.6 Å². The van der Waals surface area contributed by atoms with Crippen LogP contribution in [0.25, 0.3) is 22.2 Å². The first-order valence-corrected chi connectivity index (χ1v) is 9.29. The molecule has 0 aliphatic carbocycles. The van der Waals surface area contributed by atoms with Gasteiger partial charge in [0.15, 0.2) is 0 Å². The molecule has 3 aromatic rings. The molecule has 0 saturated carbocycles. The van der Waals surface area contributed by atoms with Crippen molar-refractivity contribution in [2.24, 2.45) is 7.05 Å². The highest BCUT2D eigenvalue weighted by molar-refractivity contribution is 7.82. The summed E-state index contributed by atoms with van der Waals surface area (Å²) in [5, 5.41) is -1.65. The predicted molar refractivity (Wildman–Crippen MR) is 110 cm³/mol. The zero-order valence-corrected chi connectivity index (χ0v) is 16.5. The first kappa shape index (κ1) is 18.8. The average Bonchev–Trinajstić information content (AvgIpc) is 3.09. The third-order valence-corrected chi connectivity index (χ3v) is 5.38. The van der Waals surface area contributed by atoms with E-state index in [4.69, 9.17) is 5.73 Å². The molecule has 1 saturated heterocycles. The molecule has 1 atom stereocenters. The zero-order chi connectivity index (χ0) is 20.2. The Kier molecular flexibility index (Phi) is 4.38. The molecule has 28 heavy (non-hydrogen) atoms. The third kappa shape index (κ3) is 2.76. The molecule has 2 N–H and O–H groups in total. The number of carbonyl (C=O) groups is 1. The second kappa shape index (κ2) is 6.52. The summed E-state index contributed by atoms with van der Waals surface area (Å²) in [5.74, 6) is -0.500. The van der Waals surface area contributed by atoms with Crippen LogP contribution in [0.4, 0.5) is 25.1 Å². The quantitative estimate of drug-likeness (QED) is 0.448. The van der Waals surface area contributed by atoms with Crippen molar-refractivity contribution in [1.82, 2.24) is 19.4 Å². The fourth-order valence-corrected chi connectivity index (χ4v) is 4.10. The minimum absolute atomic E-state index is 0.148. The number of hydrogen-bond donors (Lipinski definition) is 3. The number of alkyl halides is 1. The van der Waals surface area contributed by atoms with Crippen LogP contribution in [0, 0.1) is 5.82 Å². The number of halogens is 2. The van der Waals surface area contributed by atoms with Crippen molar-refractivity contribution in [2.45, 2.75) is 5.12 Å². The van der Waals surface area contributed by atoms with Gasteiger partial charge in [-0.1, -0.05) is 0 Å². The predicted octanol–water partition coefficient (Wildman–Crippen LogP) is 3.04. The Morgan fingerprint density at radius 2 is 2.07 bits per heavy atom. The lowest BCUT2D eigenvalue weighted by Crippen LogP contribution is -2.37. The molecule has 1 aliphatic rings. The van der Waals surface area contributed by atoms with Crippen LogP contribution in [0.2, 0.25) is 0 Å². The minimum atomic E-state index is -2.19. The summed E-state index contributed by atoms with van der Waals surface area (Å²) in [7, 11) is 1.77. The Morgan fingerprint density at radius 1 is 1.32 bits per heavy atom. The maximum atomic E-state index is 15.0. The van der Waals surface area contributed by atoms with E-state index in [1.165, 1.54) is 18.5 Å². The number of aromatic nitrogens is 3. The summed E-state index contributed by atoms with van der Waals surface area (Å²) < 4.78 is 31.2. The summed E-state index contributed by atoms with van der Waals surface area (Å²) in [6.07, 6.45) is 3.05. The summed E-state index contributed by atoms with van der Waals surface area (Å²) in [6.45, 7) is -0.344. The number of urea groups is 1. The lowest BCUT2D eigenvalue weighted by atomic mass is 10.0. The molecule has 1 unspecified atom stereocenters. The van der Waals surface area contributed by atoms with Crippen molar-refractivity contribution in [3.05, 3.63) is 36.5 Å². The number of nitrogens with two attached hydrogens (primary N) is 1. The van der Waals surface area contributed by atoms with Crippen molar-refractivity contribution >= 4 is 53.8 Å². The summed E-state index contributed by atoms with van der Waals surface area (Å²) in [6, 6.07) is 3.60. The number of anilines is 2. The number of hydrogen-bond acceptors (Lipinski definition) is 6. The van der Waals surface area contributed by atoms with Crippen LogP contribution in [0.15, 0.2) is 30.7 Å². The smallest absolute Gasteiger partial charge is 0.328 e. The van der Waals surface area contributed by atoms with Crippen molar-refractivity contribution in [3.63, 3.8) is 0 Å². The average molecular weight is 422 g/mol. The van der Waals surface area contributed by atoms with Gasteiger partial charge in [-0.25, -0.2) is 23.5 Å². The molecule has 0 spiro atoms. The number of thiol groups is 2. The molecule has 7 nitrogen and oxygen atoms in total. The first-order chi connectivity index (χ1) is 13.2. The van der Waals surface area contributed by atoms with E-state index in [0.717, 1.165) is 9.80 Å². The molecule has 1 fully saturated rings. The number of fused-ring (bicyclic) bond motifs is 1. The largest absolute Gasteiger partial charge is 0.383 e. The summed E-state index contributed by atoms with van der Waals surface area (Å²) in [5.41, 5.74) is 7.55. The van der Waals surface area contributed by atoms with Crippen LogP contribution in [-0.2, 0) is 7.05 Å².